The van der Waals surface area contributed by atoms with Gasteiger partial charge in [0.15, 0.2) is 0 Å². The number of benzene rings is 1. The summed E-state index contributed by atoms with van der Waals surface area (Å²) in [5.74, 6) is -5.45. The standard InChI is InChI=1S/C10H8F4.C2H6/c1-6(2)10(13,14)7-3-8(11)5-9(12)4-7;1-2/h3-5H,1H2,2H3;1-2H3. The average Bonchev–Trinajstić information content (AvgIpc) is 2.19. The smallest absolute Gasteiger partial charge is 0.207 e. The van der Waals surface area contributed by atoms with Gasteiger partial charge in [0.2, 0.25) is 0 Å². The average molecular weight is 234 g/mol. The van der Waals surface area contributed by atoms with E-state index < -0.39 is 28.7 Å². The molecule has 0 amide bonds. The molecule has 0 radical (unpaired) electrons. The maximum absolute atomic E-state index is 13.2. The second-order valence-electron chi connectivity index (χ2n) is 3.01. The van der Waals surface area contributed by atoms with Crippen LogP contribution in [0.25, 0.3) is 0 Å². The Morgan fingerprint density at radius 1 is 1.06 bits per heavy atom. The molecule has 0 atom stereocenters. The zero-order valence-corrected chi connectivity index (χ0v) is 9.45. The second-order valence-corrected chi connectivity index (χ2v) is 3.01. The van der Waals surface area contributed by atoms with Gasteiger partial charge in [-0.15, -0.1) is 0 Å². The van der Waals surface area contributed by atoms with E-state index in [-0.39, 0.29) is 0 Å². The van der Waals surface area contributed by atoms with E-state index in [1.165, 1.54) is 0 Å². The Morgan fingerprint density at radius 3 is 1.75 bits per heavy atom. The first-order chi connectivity index (χ1) is 7.34. The van der Waals surface area contributed by atoms with Gasteiger partial charge in [-0.05, 0) is 24.6 Å². The molecule has 90 valence electrons. The van der Waals surface area contributed by atoms with Gasteiger partial charge in [0.25, 0.3) is 5.92 Å². The number of hydrogen-bond acceptors (Lipinski definition) is 0. The molecular weight excluding hydrogens is 220 g/mol. The van der Waals surface area contributed by atoms with Crippen molar-refractivity contribution in [1.29, 1.82) is 0 Å². The predicted octanol–water partition coefficient (Wildman–Crippen LogP) is 4.66. The van der Waals surface area contributed by atoms with E-state index in [1.807, 2.05) is 13.8 Å². The van der Waals surface area contributed by atoms with Gasteiger partial charge < -0.3 is 0 Å². The third-order valence-electron chi connectivity index (χ3n) is 1.76. The molecule has 1 rings (SSSR count). The van der Waals surface area contributed by atoms with E-state index >= 15 is 0 Å². The van der Waals surface area contributed by atoms with E-state index in [1.54, 1.807) is 0 Å². The Hall–Kier alpha value is -1.32. The molecule has 4 heteroatoms. The summed E-state index contributed by atoms with van der Waals surface area (Å²) >= 11 is 0. The topological polar surface area (TPSA) is 0 Å². The van der Waals surface area contributed by atoms with E-state index in [0.29, 0.717) is 18.2 Å². The van der Waals surface area contributed by atoms with E-state index in [4.69, 9.17) is 0 Å². The first-order valence-corrected chi connectivity index (χ1v) is 4.84. The minimum Gasteiger partial charge on any atom is -0.207 e. The molecule has 0 aromatic heterocycles. The highest BCUT2D eigenvalue weighted by atomic mass is 19.3. The molecule has 0 N–H and O–H groups in total. The largest absolute Gasteiger partial charge is 0.294 e. The van der Waals surface area contributed by atoms with Crippen molar-refractivity contribution in [3.63, 3.8) is 0 Å². The van der Waals surface area contributed by atoms with Crippen molar-refractivity contribution in [2.24, 2.45) is 0 Å². The predicted molar refractivity (Wildman–Crippen MR) is 56.4 cm³/mol. The van der Waals surface area contributed by atoms with E-state index in [0.717, 1.165) is 6.92 Å². The van der Waals surface area contributed by atoms with Crippen LogP contribution in [0, 0.1) is 11.6 Å². The highest BCUT2D eigenvalue weighted by molar-refractivity contribution is 5.28. The monoisotopic (exact) mass is 234 g/mol. The number of alkyl halides is 2. The Bertz CT molecular complexity index is 349. The van der Waals surface area contributed by atoms with Gasteiger partial charge in [-0.1, -0.05) is 20.4 Å². The van der Waals surface area contributed by atoms with Gasteiger partial charge in [0.1, 0.15) is 11.6 Å². The van der Waals surface area contributed by atoms with E-state index in [9.17, 15) is 17.6 Å². The summed E-state index contributed by atoms with van der Waals surface area (Å²) < 4.78 is 51.6. The number of halogens is 4. The number of rotatable bonds is 2. The lowest BCUT2D eigenvalue weighted by Crippen LogP contribution is -2.14. The van der Waals surface area contributed by atoms with Gasteiger partial charge in [-0.25, -0.2) is 8.78 Å². The van der Waals surface area contributed by atoms with Crippen LogP contribution in [0.1, 0.15) is 26.3 Å². The van der Waals surface area contributed by atoms with E-state index in [2.05, 4.69) is 6.58 Å². The lowest BCUT2D eigenvalue weighted by molar-refractivity contribution is 0.0378. The fourth-order valence-corrected chi connectivity index (χ4v) is 0.982. The normalized spacial score (nSPS) is 10.4. The number of allylic oxidation sites excluding steroid dienone is 1. The molecule has 0 saturated carbocycles. The zero-order chi connectivity index (χ0) is 12.9. The molecule has 0 unspecified atom stereocenters. The Morgan fingerprint density at radius 2 is 1.44 bits per heavy atom. The molecule has 0 aliphatic heterocycles. The van der Waals surface area contributed by atoms with Crippen molar-refractivity contribution >= 4 is 0 Å². The second kappa shape index (κ2) is 5.68. The van der Waals surface area contributed by atoms with Crippen LogP contribution in [0.15, 0.2) is 30.4 Å². The molecule has 0 heterocycles. The van der Waals surface area contributed by atoms with Crippen LogP contribution >= 0.6 is 0 Å². The molecule has 0 aliphatic rings. The summed E-state index contributed by atoms with van der Waals surface area (Å²) in [6, 6.07) is 1.73. The first kappa shape index (κ1) is 14.7. The minimum atomic E-state index is -3.40. The molecule has 0 nitrogen and oxygen atoms in total. The lowest BCUT2D eigenvalue weighted by Gasteiger charge is -2.16. The molecule has 1 aromatic carbocycles. The quantitative estimate of drug-likeness (QED) is 0.515. The molecule has 0 bridgehead atoms. The Kier molecular flexibility index (Phi) is 5.21. The molecule has 0 fully saturated rings. The van der Waals surface area contributed by atoms with Crippen LogP contribution in [0.2, 0.25) is 0 Å². The fourth-order valence-electron chi connectivity index (χ4n) is 0.982. The van der Waals surface area contributed by atoms with Crippen molar-refractivity contribution < 1.29 is 17.6 Å². The Labute approximate surface area is 92.6 Å². The number of hydrogen-bond donors (Lipinski definition) is 0. The van der Waals surface area contributed by atoms with Crippen LogP contribution in [-0.2, 0) is 5.92 Å². The van der Waals surface area contributed by atoms with Gasteiger partial charge in [-0.3, -0.25) is 0 Å². The van der Waals surface area contributed by atoms with Crippen LogP contribution < -0.4 is 0 Å². The lowest BCUT2D eigenvalue weighted by atomic mass is 10.0. The molecule has 1 aromatic rings. The fraction of sp³-hybridized carbons (Fsp3) is 0.333. The van der Waals surface area contributed by atoms with Gasteiger partial charge in [0, 0.05) is 11.6 Å². The maximum atomic E-state index is 13.2. The third kappa shape index (κ3) is 3.36. The van der Waals surface area contributed by atoms with Crippen molar-refractivity contribution in [3.05, 3.63) is 47.5 Å². The van der Waals surface area contributed by atoms with Gasteiger partial charge in [0.05, 0.1) is 0 Å². The van der Waals surface area contributed by atoms with Crippen molar-refractivity contribution in [3.8, 4) is 0 Å². The molecular formula is C12H14F4. The molecule has 16 heavy (non-hydrogen) atoms. The minimum absolute atomic E-state index is 0.456. The zero-order valence-electron chi connectivity index (χ0n) is 9.45. The SMILES string of the molecule is C=C(C)C(F)(F)c1cc(F)cc(F)c1.CC. The van der Waals surface area contributed by atoms with Crippen LogP contribution in [0.5, 0.6) is 0 Å². The summed E-state index contributed by atoms with van der Waals surface area (Å²) in [5.41, 5.74) is -1.18. The summed E-state index contributed by atoms with van der Waals surface area (Å²) in [7, 11) is 0. The van der Waals surface area contributed by atoms with Crippen LogP contribution in [-0.4, -0.2) is 0 Å². The van der Waals surface area contributed by atoms with Crippen molar-refractivity contribution in [2.75, 3.05) is 0 Å². The van der Waals surface area contributed by atoms with Crippen LogP contribution in [0.4, 0.5) is 17.6 Å². The highest BCUT2D eigenvalue weighted by Crippen LogP contribution is 2.34. The summed E-state index contributed by atoms with van der Waals surface area (Å²) in [6.07, 6.45) is 0. The third-order valence-corrected chi connectivity index (χ3v) is 1.76. The Balaban J connectivity index is 0.00000106. The first-order valence-electron chi connectivity index (χ1n) is 4.84. The molecule has 0 spiro atoms. The van der Waals surface area contributed by atoms with Gasteiger partial charge in [-0.2, -0.15) is 8.78 Å². The highest BCUT2D eigenvalue weighted by Gasteiger charge is 2.33. The summed E-state index contributed by atoms with van der Waals surface area (Å²) in [4.78, 5) is 0. The summed E-state index contributed by atoms with van der Waals surface area (Å²) in [5, 5.41) is 0. The molecule has 0 aliphatic carbocycles. The van der Waals surface area contributed by atoms with Gasteiger partial charge >= 0.3 is 0 Å². The van der Waals surface area contributed by atoms with Crippen LogP contribution in [0.3, 0.4) is 0 Å². The molecule has 0 saturated heterocycles. The summed E-state index contributed by atoms with van der Waals surface area (Å²) in [6.45, 7) is 8.17. The van der Waals surface area contributed by atoms with Crippen molar-refractivity contribution in [1.82, 2.24) is 0 Å². The maximum Gasteiger partial charge on any atom is 0.294 e. The van der Waals surface area contributed by atoms with Crippen molar-refractivity contribution in [2.45, 2.75) is 26.7 Å².